The minimum atomic E-state index is -0.486. The fourth-order valence-electron chi connectivity index (χ4n) is 2.44. The Hall–Kier alpha value is -1.26. The first kappa shape index (κ1) is 16.1. The lowest BCUT2D eigenvalue weighted by atomic mass is 10.1. The number of hydrogen-bond acceptors (Lipinski definition) is 2. The predicted molar refractivity (Wildman–Crippen MR) is 84.8 cm³/mol. The van der Waals surface area contributed by atoms with Crippen LogP contribution in [0, 0.1) is 5.92 Å². The van der Waals surface area contributed by atoms with Crippen LogP contribution in [0.25, 0.3) is 0 Å². The summed E-state index contributed by atoms with van der Waals surface area (Å²) >= 11 is 12.0. The van der Waals surface area contributed by atoms with Crippen LogP contribution in [0.15, 0.2) is 18.2 Å². The van der Waals surface area contributed by atoms with E-state index in [1.807, 2.05) is 13.8 Å². The van der Waals surface area contributed by atoms with Gasteiger partial charge in [0.15, 0.2) is 0 Å². The van der Waals surface area contributed by atoms with Crippen LogP contribution in [-0.2, 0) is 9.59 Å². The lowest BCUT2D eigenvalue weighted by Crippen LogP contribution is -2.58. The SMILES string of the molecule is CC(C)C(=O)N1CCN(c2ccc(Cl)cc2Cl)C(=O)C1C. The van der Waals surface area contributed by atoms with E-state index in [4.69, 9.17) is 23.2 Å². The first-order valence-electron chi connectivity index (χ1n) is 6.90. The Bertz CT molecular complexity index is 575. The predicted octanol–water partition coefficient (Wildman–Crippen LogP) is 3.21. The molecule has 1 atom stereocenters. The smallest absolute Gasteiger partial charge is 0.249 e. The molecule has 2 amide bonds. The molecule has 1 unspecified atom stereocenters. The second kappa shape index (κ2) is 6.24. The standard InChI is InChI=1S/C15H18Cl2N2O2/c1-9(2)14(20)18-6-7-19(15(21)10(18)3)13-5-4-11(16)8-12(13)17/h4-5,8-10H,6-7H2,1-3H3. The summed E-state index contributed by atoms with van der Waals surface area (Å²) in [6.07, 6.45) is 0. The molecule has 0 aromatic heterocycles. The largest absolute Gasteiger partial charge is 0.329 e. The normalized spacial score (nSPS) is 19.3. The van der Waals surface area contributed by atoms with Gasteiger partial charge >= 0.3 is 0 Å². The van der Waals surface area contributed by atoms with Crippen LogP contribution < -0.4 is 4.90 Å². The quantitative estimate of drug-likeness (QED) is 0.836. The minimum Gasteiger partial charge on any atom is -0.329 e. The van der Waals surface area contributed by atoms with E-state index in [9.17, 15) is 9.59 Å². The Balaban J connectivity index is 2.23. The molecule has 1 fully saturated rings. The average molecular weight is 329 g/mol. The van der Waals surface area contributed by atoms with E-state index in [1.54, 1.807) is 34.9 Å². The molecule has 21 heavy (non-hydrogen) atoms. The average Bonchev–Trinajstić information content (AvgIpc) is 2.42. The molecule has 1 saturated heterocycles. The molecule has 0 aliphatic carbocycles. The molecule has 114 valence electrons. The zero-order chi connectivity index (χ0) is 15.7. The number of anilines is 1. The Morgan fingerprint density at radius 1 is 1.29 bits per heavy atom. The fourth-order valence-corrected chi connectivity index (χ4v) is 2.95. The fraction of sp³-hybridized carbons (Fsp3) is 0.467. The molecule has 2 rings (SSSR count). The van der Waals surface area contributed by atoms with Gasteiger partial charge in [-0.1, -0.05) is 37.0 Å². The number of hydrogen-bond donors (Lipinski definition) is 0. The molecule has 0 spiro atoms. The monoisotopic (exact) mass is 328 g/mol. The summed E-state index contributed by atoms with van der Waals surface area (Å²) in [5.74, 6) is -0.247. The molecular formula is C15H18Cl2N2O2. The van der Waals surface area contributed by atoms with Crippen molar-refractivity contribution >= 4 is 40.7 Å². The third-order valence-corrected chi connectivity index (χ3v) is 4.17. The Morgan fingerprint density at radius 2 is 1.95 bits per heavy atom. The van der Waals surface area contributed by atoms with Crippen LogP contribution in [0.2, 0.25) is 10.0 Å². The molecule has 1 aromatic rings. The molecule has 1 heterocycles. The van der Waals surface area contributed by atoms with Crippen molar-refractivity contribution < 1.29 is 9.59 Å². The highest BCUT2D eigenvalue weighted by molar-refractivity contribution is 6.36. The van der Waals surface area contributed by atoms with Crippen molar-refractivity contribution in [3.63, 3.8) is 0 Å². The Morgan fingerprint density at radius 3 is 2.52 bits per heavy atom. The number of piperazine rings is 1. The van der Waals surface area contributed by atoms with E-state index >= 15 is 0 Å². The third kappa shape index (κ3) is 3.16. The molecule has 0 saturated carbocycles. The Kier molecular flexibility index (Phi) is 4.79. The van der Waals surface area contributed by atoms with Crippen LogP contribution in [0.5, 0.6) is 0 Å². The van der Waals surface area contributed by atoms with Crippen LogP contribution in [0.1, 0.15) is 20.8 Å². The van der Waals surface area contributed by atoms with E-state index in [1.165, 1.54) is 0 Å². The van der Waals surface area contributed by atoms with Gasteiger partial charge in [-0.2, -0.15) is 0 Å². The molecule has 0 bridgehead atoms. The van der Waals surface area contributed by atoms with E-state index < -0.39 is 6.04 Å². The van der Waals surface area contributed by atoms with Gasteiger partial charge in [-0.15, -0.1) is 0 Å². The van der Waals surface area contributed by atoms with Crippen molar-refractivity contribution in [3.8, 4) is 0 Å². The molecule has 4 nitrogen and oxygen atoms in total. The highest BCUT2D eigenvalue weighted by atomic mass is 35.5. The summed E-state index contributed by atoms with van der Waals surface area (Å²) in [6, 6.07) is 4.56. The summed E-state index contributed by atoms with van der Waals surface area (Å²) in [5.41, 5.74) is 0.634. The van der Waals surface area contributed by atoms with Crippen molar-refractivity contribution in [3.05, 3.63) is 28.2 Å². The highest BCUT2D eigenvalue weighted by Crippen LogP contribution is 2.31. The second-order valence-electron chi connectivity index (χ2n) is 5.45. The van der Waals surface area contributed by atoms with Crippen LogP contribution in [-0.4, -0.2) is 35.8 Å². The summed E-state index contributed by atoms with van der Waals surface area (Å²) in [6.45, 7) is 6.36. The molecule has 1 aliphatic heterocycles. The maximum absolute atomic E-state index is 12.5. The minimum absolute atomic E-state index is 0.00213. The number of carbonyl (C=O) groups is 2. The van der Waals surface area contributed by atoms with Crippen molar-refractivity contribution in [1.82, 2.24) is 4.90 Å². The molecule has 1 aliphatic rings. The first-order valence-corrected chi connectivity index (χ1v) is 7.65. The van der Waals surface area contributed by atoms with E-state index in [0.29, 0.717) is 28.8 Å². The van der Waals surface area contributed by atoms with Gasteiger partial charge in [-0.25, -0.2) is 0 Å². The number of carbonyl (C=O) groups excluding carboxylic acids is 2. The van der Waals surface area contributed by atoms with E-state index in [0.717, 1.165) is 0 Å². The van der Waals surface area contributed by atoms with Gasteiger partial charge in [0.1, 0.15) is 6.04 Å². The number of benzene rings is 1. The number of rotatable bonds is 2. The molecular weight excluding hydrogens is 311 g/mol. The van der Waals surface area contributed by atoms with Crippen molar-refractivity contribution in [2.75, 3.05) is 18.0 Å². The summed E-state index contributed by atoms with van der Waals surface area (Å²) in [7, 11) is 0. The maximum Gasteiger partial charge on any atom is 0.249 e. The number of amides is 2. The van der Waals surface area contributed by atoms with Crippen LogP contribution >= 0.6 is 23.2 Å². The third-order valence-electron chi connectivity index (χ3n) is 3.63. The van der Waals surface area contributed by atoms with Gasteiger partial charge in [0.25, 0.3) is 0 Å². The van der Waals surface area contributed by atoms with Crippen molar-refractivity contribution in [1.29, 1.82) is 0 Å². The summed E-state index contributed by atoms with van der Waals surface area (Å²) in [4.78, 5) is 27.9. The first-order chi connectivity index (χ1) is 9.82. The van der Waals surface area contributed by atoms with Crippen molar-refractivity contribution in [2.45, 2.75) is 26.8 Å². The number of halogens is 2. The van der Waals surface area contributed by atoms with E-state index in [2.05, 4.69) is 0 Å². The lowest BCUT2D eigenvalue weighted by Gasteiger charge is -2.40. The molecule has 0 N–H and O–H groups in total. The lowest BCUT2D eigenvalue weighted by molar-refractivity contribution is -0.143. The zero-order valence-corrected chi connectivity index (χ0v) is 13.8. The molecule has 6 heteroatoms. The maximum atomic E-state index is 12.5. The second-order valence-corrected chi connectivity index (χ2v) is 6.29. The van der Waals surface area contributed by atoms with Gasteiger partial charge in [-0.05, 0) is 25.1 Å². The Labute approximate surface area is 134 Å². The van der Waals surface area contributed by atoms with Gasteiger partial charge in [0, 0.05) is 24.0 Å². The van der Waals surface area contributed by atoms with Gasteiger partial charge in [0.2, 0.25) is 11.8 Å². The summed E-state index contributed by atoms with van der Waals surface area (Å²) < 4.78 is 0. The molecule has 0 radical (unpaired) electrons. The van der Waals surface area contributed by atoms with Crippen LogP contribution in [0.4, 0.5) is 5.69 Å². The summed E-state index contributed by atoms with van der Waals surface area (Å²) in [5, 5.41) is 0.963. The van der Waals surface area contributed by atoms with E-state index in [-0.39, 0.29) is 17.7 Å². The highest BCUT2D eigenvalue weighted by Gasteiger charge is 2.36. The zero-order valence-electron chi connectivity index (χ0n) is 12.3. The van der Waals surface area contributed by atoms with Gasteiger partial charge in [0.05, 0.1) is 10.7 Å². The van der Waals surface area contributed by atoms with Crippen molar-refractivity contribution in [2.24, 2.45) is 5.92 Å². The van der Waals surface area contributed by atoms with Gasteiger partial charge in [-0.3, -0.25) is 9.59 Å². The van der Waals surface area contributed by atoms with Gasteiger partial charge < -0.3 is 9.80 Å². The number of nitrogens with zero attached hydrogens (tertiary/aromatic N) is 2. The topological polar surface area (TPSA) is 40.6 Å². The van der Waals surface area contributed by atoms with Crippen LogP contribution in [0.3, 0.4) is 0 Å². The molecule has 1 aromatic carbocycles.